The van der Waals surface area contributed by atoms with Gasteiger partial charge in [0.1, 0.15) is 0 Å². The van der Waals surface area contributed by atoms with E-state index in [2.05, 4.69) is 10.3 Å². The van der Waals surface area contributed by atoms with Gasteiger partial charge >= 0.3 is 5.97 Å². The van der Waals surface area contributed by atoms with Gasteiger partial charge in [0, 0.05) is 18.1 Å². The normalized spacial score (nSPS) is 11.6. The summed E-state index contributed by atoms with van der Waals surface area (Å²) >= 11 is 0. The minimum atomic E-state index is -0.836. The minimum Gasteiger partial charge on any atom is -0.449 e. The molecule has 1 aromatic heterocycles. The van der Waals surface area contributed by atoms with Gasteiger partial charge in [0.25, 0.3) is 5.91 Å². The molecule has 1 aromatic carbocycles. The van der Waals surface area contributed by atoms with Crippen LogP contribution in [0.4, 0.5) is 5.69 Å². The Morgan fingerprint density at radius 1 is 1.13 bits per heavy atom. The van der Waals surface area contributed by atoms with Crippen LogP contribution in [0.25, 0.3) is 0 Å². The number of aryl methyl sites for hydroxylation is 2. The molecular weight excluding hydrogens is 292 g/mol. The molecule has 0 bridgehead atoms. The first-order valence-electron chi connectivity index (χ1n) is 7.50. The molecule has 120 valence electrons. The molecule has 1 heterocycles. The number of carbonyl (C=O) groups excluding carboxylic acids is 2. The second-order valence-electron chi connectivity index (χ2n) is 5.33. The number of amides is 1. The van der Waals surface area contributed by atoms with Crippen LogP contribution in [0.1, 0.15) is 34.8 Å². The number of hydrogen-bond acceptors (Lipinski definition) is 4. The van der Waals surface area contributed by atoms with Crippen molar-refractivity contribution in [1.29, 1.82) is 0 Å². The van der Waals surface area contributed by atoms with Crippen LogP contribution in [-0.4, -0.2) is 23.0 Å². The SMILES string of the molecule is CCC(OC(=O)c1ccncc1)C(=O)Nc1ccc(C)c(C)c1. The lowest BCUT2D eigenvalue weighted by molar-refractivity contribution is -0.124. The Hall–Kier alpha value is -2.69. The predicted octanol–water partition coefficient (Wildman–Crippen LogP) is 3.27. The van der Waals surface area contributed by atoms with E-state index in [4.69, 9.17) is 4.74 Å². The summed E-state index contributed by atoms with van der Waals surface area (Å²) in [5, 5.41) is 2.79. The summed E-state index contributed by atoms with van der Waals surface area (Å²) < 4.78 is 5.29. The smallest absolute Gasteiger partial charge is 0.339 e. The van der Waals surface area contributed by atoms with E-state index in [-0.39, 0.29) is 5.91 Å². The van der Waals surface area contributed by atoms with E-state index in [1.165, 1.54) is 12.4 Å². The van der Waals surface area contributed by atoms with Gasteiger partial charge in [0.15, 0.2) is 6.10 Å². The van der Waals surface area contributed by atoms with Crippen molar-refractivity contribution in [3.05, 3.63) is 59.4 Å². The third kappa shape index (κ3) is 4.39. The van der Waals surface area contributed by atoms with Gasteiger partial charge < -0.3 is 10.1 Å². The first-order valence-corrected chi connectivity index (χ1v) is 7.50. The molecule has 0 spiro atoms. The van der Waals surface area contributed by atoms with Crippen molar-refractivity contribution in [3.8, 4) is 0 Å². The topological polar surface area (TPSA) is 68.3 Å². The third-order valence-electron chi connectivity index (χ3n) is 3.60. The number of nitrogens with one attached hydrogen (secondary N) is 1. The van der Waals surface area contributed by atoms with Crippen LogP contribution < -0.4 is 5.32 Å². The summed E-state index contributed by atoms with van der Waals surface area (Å²) in [6.45, 7) is 5.78. The van der Waals surface area contributed by atoms with Crippen molar-refractivity contribution in [3.63, 3.8) is 0 Å². The zero-order valence-corrected chi connectivity index (χ0v) is 13.5. The number of pyridine rings is 1. The lowest BCUT2D eigenvalue weighted by Crippen LogP contribution is -2.32. The van der Waals surface area contributed by atoms with Crippen molar-refractivity contribution >= 4 is 17.6 Å². The Kier molecular flexibility index (Phi) is 5.46. The summed E-state index contributed by atoms with van der Waals surface area (Å²) in [7, 11) is 0. The molecule has 2 aromatic rings. The molecule has 23 heavy (non-hydrogen) atoms. The molecule has 0 saturated heterocycles. The zero-order valence-electron chi connectivity index (χ0n) is 13.5. The fourth-order valence-corrected chi connectivity index (χ4v) is 2.05. The molecule has 1 N–H and O–H groups in total. The average Bonchev–Trinajstić information content (AvgIpc) is 2.56. The van der Waals surface area contributed by atoms with Crippen LogP contribution >= 0.6 is 0 Å². The lowest BCUT2D eigenvalue weighted by Gasteiger charge is -2.16. The van der Waals surface area contributed by atoms with E-state index in [1.54, 1.807) is 19.1 Å². The second kappa shape index (κ2) is 7.54. The summed E-state index contributed by atoms with van der Waals surface area (Å²) in [6, 6.07) is 8.77. The number of rotatable bonds is 5. The highest BCUT2D eigenvalue weighted by molar-refractivity contribution is 5.97. The Morgan fingerprint density at radius 2 is 1.83 bits per heavy atom. The fourth-order valence-electron chi connectivity index (χ4n) is 2.05. The monoisotopic (exact) mass is 312 g/mol. The summed E-state index contributed by atoms with van der Waals surface area (Å²) in [5.74, 6) is -0.868. The van der Waals surface area contributed by atoms with Gasteiger partial charge in [-0.2, -0.15) is 0 Å². The Morgan fingerprint density at radius 3 is 2.43 bits per heavy atom. The first-order chi connectivity index (χ1) is 11.0. The number of ether oxygens (including phenoxy) is 1. The molecule has 0 fully saturated rings. The quantitative estimate of drug-likeness (QED) is 0.860. The number of esters is 1. The zero-order chi connectivity index (χ0) is 16.8. The van der Waals surface area contributed by atoms with Gasteiger partial charge in [-0.15, -0.1) is 0 Å². The standard InChI is InChI=1S/C18H20N2O3/c1-4-16(23-18(22)14-7-9-19-10-8-14)17(21)20-15-6-5-12(2)13(3)11-15/h5-11,16H,4H2,1-3H3,(H,20,21). The van der Waals surface area contributed by atoms with E-state index >= 15 is 0 Å². The molecule has 5 heteroatoms. The van der Waals surface area contributed by atoms with Crippen molar-refractivity contribution in [2.45, 2.75) is 33.3 Å². The molecule has 5 nitrogen and oxygen atoms in total. The summed E-state index contributed by atoms with van der Waals surface area (Å²) in [6.07, 6.45) is 2.57. The highest BCUT2D eigenvalue weighted by Crippen LogP contribution is 2.15. The second-order valence-corrected chi connectivity index (χ2v) is 5.33. The summed E-state index contributed by atoms with van der Waals surface area (Å²) in [5.41, 5.74) is 3.30. The van der Waals surface area contributed by atoms with Gasteiger partial charge in [-0.1, -0.05) is 13.0 Å². The van der Waals surface area contributed by atoms with E-state index in [0.29, 0.717) is 17.7 Å². The van der Waals surface area contributed by atoms with Crippen molar-refractivity contribution in [1.82, 2.24) is 4.98 Å². The largest absolute Gasteiger partial charge is 0.449 e. The molecule has 0 saturated carbocycles. The predicted molar refractivity (Wildman–Crippen MR) is 88.3 cm³/mol. The van der Waals surface area contributed by atoms with Crippen molar-refractivity contribution in [2.24, 2.45) is 0 Å². The molecular formula is C18H20N2O3. The van der Waals surface area contributed by atoms with E-state index in [1.807, 2.05) is 32.0 Å². The molecule has 1 unspecified atom stereocenters. The van der Waals surface area contributed by atoms with E-state index in [9.17, 15) is 9.59 Å². The molecule has 2 rings (SSSR count). The Bertz CT molecular complexity index is 699. The number of nitrogens with zero attached hydrogens (tertiary/aromatic N) is 1. The lowest BCUT2D eigenvalue weighted by atomic mass is 10.1. The van der Waals surface area contributed by atoms with Gasteiger partial charge in [0.2, 0.25) is 0 Å². The highest BCUT2D eigenvalue weighted by Gasteiger charge is 2.22. The molecule has 0 aliphatic carbocycles. The average molecular weight is 312 g/mol. The van der Waals surface area contributed by atoms with Crippen LogP contribution in [0.5, 0.6) is 0 Å². The molecule has 0 aliphatic rings. The van der Waals surface area contributed by atoms with Gasteiger partial charge in [0.05, 0.1) is 5.56 Å². The van der Waals surface area contributed by atoms with Crippen molar-refractivity contribution in [2.75, 3.05) is 5.32 Å². The number of benzene rings is 1. The number of aromatic nitrogens is 1. The number of carbonyl (C=O) groups is 2. The van der Waals surface area contributed by atoms with Gasteiger partial charge in [-0.05, 0) is 55.7 Å². The highest BCUT2D eigenvalue weighted by atomic mass is 16.5. The fraction of sp³-hybridized carbons (Fsp3) is 0.278. The molecule has 1 atom stereocenters. The maximum atomic E-state index is 12.3. The Balaban J connectivity index is 2.03. The Labute approximate surface area is 135 Å². The molecule has 0 aliphatic heterocycles. The van der Waals surface area contributed by atoms with Crippen LogP contribution in [0.15, 0.2) is 42.7 Å². The molecule has 1 amide bonds. The number of anilines is 1. The maximum absolute atomic E-state index is 12.3. The van der Waals surface area contributed by atoms with Gasteiger partial charge in [-0.3, -0.25) is 9.78 Å². The van der Waals surface area contributed by atoms with E-state index in [0.717, 1.165) is 11.1 Å². The van der Waals surface area contributed by atoms with Crippen LogP contribution in [0.3, 0.4) is 0 Å². The summed E-state index contributed by atoms with van der Waals surface area (Å²) in [4.78, 5) is 28.2. The van der Waals surface area contributed by atoms with Crippen LogP contribution in [0, 0.1) is 13.8 Å². The maximum Gasteiger partial charge on any atom is 0.339 e. The van der Waals surface area contributed by atoms with Gasteiger partial charge in [-0.25, -0.2) is 4.79 Å². The van der Waals surface area contributed by atoms with Crippen LogP contribution in [-0.2, 0) is 9.53 Å². The van der Waals surface area contributed by atoms with Crippen molar-refractivity contribution < 1.29 is 14.3 Å². The first kappa shape index (κ1) is 16.7. The number of hydrogen-bond donors (Lipinski definition) is 1. The third-order valence-corrected chi connectivity index (χ3v) is 3.60. The minimum absolute atomic E-state index is 0.335. The van der Waals surface area contributed by atoms with E-state index < -0.39 is 12.1 Å². The molecule has 0 radical (unpaired) electrons. The van der Waals surface area contributed by atoms with Crippen LogP contribution in [0.2, 0.25) is 0 Å².